The van der Waals surface area contributed by atoms with Crippen molar-refractivity contribution in [3.05, 3.63) is 29.8 Å². The van der Waals surface area contributed by atoms with Gasteiger partial charge >= 0.3 is 0 Å². The van der Waals surface area contributed by atoms with Crippen LogP contribution in [0.3, 0.4) is 0 Å². The molecule has 2 heterocycles. The molecule has 0 N–H and O–H groups in total. The standard InChI is InChI=1S/C21H30N2O3/c1-4-17(5-2)22-12-11-18(14-22)23(6-3)21(24)10-8-16-7-9-19-20(13-16)26-15-25-19/h7-10,13,17-18H,4-6,11-12,14-15H2,1-3H3/b10-8+. The van der Waals surface area contributed by atoms with Crippen LogP contribution in [0.15, 0.2) is 24.3 Å². The Hall–Kier alpha value is -2.01. The molecule has 1 saturated heterocycles. The van der Waals surface area contributed by atoms with E-state index in [0.29, 0.717) is 12.1 Å². The van der Waals surface area contributed by atoms with Gasteiger partial charge in [0, 0.05) is 37.8 Å². The van der Waals surface area contributed by atoms with E-state index in [9.17, 15) is 4.79 Å². The van der Waals surface area contributed by atoms with Crippen molar-refractivity contribution in [1.29, 1.82) is 0 Å². The maximum absolute atomic E-state index is 12.7. The lowest BCUT2D eigenvalue weighted by Crippen LogP contribution is -2.42. The van der Waals surface area contributed by atoms with Gasteiger partial charge in [-0.1, -0.05) is 19.9 Å². The van der Waals surface area contributed by atoms with E-state index in [1.807, 2.05) is 29.2 Å². The number of hydrogen-bond acceptors (Lipinski definition) is 4. The normalized spacial score (nSPS) is 19.6. The average molecular weight is 358 g/mol. The second-order valence-corrected chi connectivity index (χ2v) is 6.98. The summed E-state index contributed by atoms with van der Waals surface area (Å²) in [5, 5.41) is 0. The summed E-state index contributed by atoms with van der Waals surface area (Å²) in [6, 6.07) is 6.69. The molecule has 1 amide bonds. The third-order valence-corrected chi connectivity index (χ3v) is 5.53. The van der Waals surface area contributed by atoms with E-state index >= 15 is 0 Å². The first-order chi connectivity index (χ1) is 12.7. The first-order valence-electron chi connectivity index (χ1n) is 9.78. The third-order valence-electron chi connectivity index (χ3n) is 5.53. The maximum Gasteiger partial charge on any atom is 0.246 e. The van der Waals surface area contributed by atoms with Crippen LogP contribution in [-0.2, 0) is 4.79 Å². The van der Waals surface area contributed by atoms with Gasteiger partial charge in [0.05, 0.1) is 0 Å². The summed E-state index contributed by atoms with van der Waals surface area (Å²) in [5.41, 5.74) is 0.948. The van der Waals surface area contributed by atoms with Crippen molar-refractivity contribution >= 4 is 12.0 Å². The van der Waals surface area contributed by atoms with Gasteiger partial charge in [0.15, 0.2) is 11.5 Å². The molecule has 0 aromatic heterocycles. The minimum atomic E-state index is 0.0848. The third kappa shape index (κ3) is 4.04. The summed E-state index contributed by atoms with van der Waals surface area (Å²) in [7, 11) is 0. The van der Waals surface area contributed by atoms with Gasteiger partial charge in [-0.2, -0.15) is 0 Å². The van der Waals surface area contributed by atoms with Crippen molar-refractivity contribution in [2.45, 2.75) is 52.1 Å². The molecule has 0 radical (unpaired) electrons. The molecule has 26 heavy (non-hydrogen) atoms. The van der Waals surface area contributed by atoms with Crippen molar-refractivity contribution < 1.29 is 14.3 Å². The van der Waals surface area contributed by atoms with Crippen LogP contribution in [0.25, 0.3) is 6.08 Å². The number of likely N-dealkylation sites (tertiary alicyclic amines) is 1. The highest BCUT2D eigenvalue weighted by molar-refractivity contribution is 5.92. The number of rotatable bonds is 7. The number of likely N-dealkylation sites (N-methyl/N-ethyl adjacent to an activating group) is 1. The predicted molar refractivity (Wildman–Crippen MR) is 103 cm³/mol. The fourth-order valence-corrected chi connectivity index (χ4v) is 4.03. The number of hydrogen-bond donors (Lipinski definition) is 0. The molecule has 5 heteroatoms. The number of nitrogens with zero attached hydrogens (tertiary/aromatic N) is 2. The van der Waals surface area contributed by atoms with Gasteiger partial charge in [0.25, 0.3) is 0 Å². The molecule has 2 aliphatic heterocycles. The van der Waals surface area contributed by atoms with Gasteiger partial charge in [-0.15, -0.1) is 0 Å². The Bertz CT molecular complexity index is 655. The van der Waals surface area contributed by atoms with Crippen LogP contribution in [0.4, 0.5) is 0 Å². The average Bonchev–Trinajstić information content (AvgIpc) is 3.31. The summed E-state index contributed by atoms with van der Waals surface area (Å²) >= 11 is 0. The largest absolute Gasteiger partial charge is 0.454 e. The quantitative estimate of drug-likeness (QED) is 0.699. The Labute approximate surface area is 156 Å². The molecule has 0 saturated carbocycles. The molecule has 1 unspecified atom stereocenters. The topological polar surface area (TPSA) is 42.0 Å². The van der Waals surface area contributed by atoms with Gasteiger partial charge in [-0.3, -0.25) is 9.69 Å². The number of carbonyl (C=O) groups is 1. The maximum atomic E-state index is 12.7. The van der Waals surface area contributed by atoms with Crippen molar-refractivity contribution in [2.24, 2.45) is 0 Å². The van der Waals surface area contributed by atoms with Crippen molar-refractivity contribution in [3.8, 4) is 11.5 Å². The highest BCUT2D eigenvalue weighted by atomic mass is 16.7. The molecule has 1 atom stereocenters. The Balaban J connectivity index is 1.62. The zero-order chi connectivity index (χ0) is 18.5. The van der Waals surface area contributed by atoms with Crippen LogP contribution in [-0.4, -0.2) is 54.2 Å². The van der Waals surface area contributed by atoms with Crippen LogP contribution < -0.4 is 9.47 Å². The SMILES string of the molecule is CCC(CC)N1CCC(N(CC)C(=O)/C=C/c2ccc3c(c2)OCO3)C1. The lowest BCUT2D eigenvalue weighted by atomic mass is 10.1. The monoisotopic (exact) mass is 358 g/mol. The van der Waals surface area contributed by atoms with E-state index in [1.54, 1.807) is 6.08 Å². The number of benzene rings is 1. The molecular weight excluding hydrogens is 328 g/mol. The fourth-order valence-electron chi connectivity index (χ4n) is 4.03. The van der Waals surface area contributed by atoms with Crippen molar-refractivity contribution in [2.75, 3.05) is 26.4 Å². The first kappa shape index (κ1) is 18.8. The fraction of sp³-hybridized carbons (Fsp3) is 0.571. The number of carbonyl (C=O) groups excluding carboxylic acids is 1. The Kier molecular flexibility index (Phi) is 6.20. The highest BCUT2D eigenvalue weighted by Crippen LogP contribution is 2.32. The van der Waals surface area contributed by atoms with Crippen LogP contribution in [0, 0.1) is 0 Å². The van der Waals surface area contributed by atoms with Crippen LogP contribution in [0.2, 0.25) is 0 Å². The number of ether oxygens (including phenoxy) is 2. The Morgan fingerprint density at radius 3 is 2.77 bits per heavy atom. The molecule has 0 spiro atoms. The second kappa shape index (κ2) is 8.58. The molecule has 1 fully saturated rings. The van der Waals surface area contributed by atoms with Gasteiger partial charge < -0.3 is 14.4 Å². The summed E-state index contributed by atoms with van der Waals surface area (Å²) in [6.07, 6.45) is 6.95. The molecule has 0 aliphatic carbocycles. The number of amides is 1. The summed E-state index contributed by atoms with van der Waals surface area (Å²) in [6.45, 7) is 9.64. The summed E-state index contributed by atoms with van der Waals surface area (Å²) in [5.74, 6) is 1.58. The van der Waals surface area contributed by atoms with E-state index < -0.39 is 0 Å². The van der Waals surface area contributed by atoms with E-state index in [1.165, 1.54) is 12.8 Å². The van der Waals surface area contributed by atoms with E-state index in [2.05, 4.69) is 25.7 Å². The first-order valence-corrected chi connectivity index (χ1v) is 9.78. The minimum absolute atomic E-state index is 0.0848. The molecular formula is C21H30N2O3. The van der Waals surface area contributed by atoms with Crippen LogP contribution in [0.1, 0.15) is 45.6 Å². The second-order valence-electron chi connectivity index (χ2n) is 6.98. The zero-order valence-electron chi connectivity index (χ0n) is 16.1. The minimum Gasteiger partial charge on any atom is -0.454 e. The molecule has 1 aromatic carbocycles. The van der Waals surface area contributed by atoms with Crippen LogP contribution in [0.5, 0.6) is 11.5 Å². The molecule has 142 valence electrons. The number of fused-ring (bicyclic) bond motifs is 1. The lowest BCUT2D eigenvalue weighted by Gasteiger charge is -2.29. The van der Waals surface area contributed by atoms with E-state index in [-0.39, 0.29) is 12.7 Å². The van der Waals surface area contributed by atoms with Gasteiger partial charge in [0.2, 0.25) is 12.7 Å². The predicted octanol–water partition coefficient (Wildman–Crippen LogP) is 3.54. The molecule has 5 nitrogen and oxygen atoms in total. The van der Waals surface area contributed by atoms with Gasteiger partial charge in [0.1, 0.15) is 0 Å². The summed E-state index contributed by atoms with van der Waals surface area (Å²) in [4.78, 5) is 17.3. The van der Waals surface area contributed by atoms with Gasteiger partial charge in [-0.25, -0.2) is 0 Å². The molecule has 0 bridgehead atoms. The molecule has 1 aromatic rings. The molecule has 3 rings (SSSR count). The summed E-state index contributed by atoms with van der Waals surface area (Å²) < 4.78 is 10.7. The molecule has 2 aliphatic rings. The van der Waals surface area contributed by atoms with E-state index in [0.717, 1.165) is 43.1 Å². The Morgan fingerprint density at radius 2 is 2.04 bits per heavy atom. The zero-order valence-corrected chi connectivity index (χ0v) is 16.1. The van der Waals surface area contributed by atoms with E-state index in [4.69, 9.17) is 9.47 Å². The lowest BCUT2D eigenvalue weighted by molar-refractivity contribution is -0.127. The van der Waals surface area contributed by atoms with Crippen molar-refractivity contribution in [1.82, 2.24) is 9.80 Å². The smallest absolute Gasteiger partial charge is 0.246 e. The highest BCUT2D eigenvalue weighted by Gasteiger charge is 2.31. The van der Waals surface area contributed by atoms with Gasteiger partial charge in [-0.05, 0) is 50.0 Å². The van der Waals surface area contributed by atoms with Crippen LogP contribution >= 0.6 is 0 Å². The Morgan fingerprint density at radius 1 is 1.27 bits per heavy atom. The van der Waals surface area contributed by atoms with Crippen molar-refractivity contribution in [3.63, 3.8) is 0 Å².